The van der Waals surface area contributed by atoms with Gasteiger partial charge in [0.2, 0.25) is 11.8 Å². The van der Waals surface area contributed by atoms with E-state index in [2.05, 4.69) is 20.9 Å². The molecule has 2 amide bonds. The van der Waals surface area contributed by atoms with E-state index in [0.29, 0.717) is 19.4 Å². The molecule has 2 atom stereocenters. The number of Topliss-reactive ketones (excluding diaryl/α,β-unsaturated/α-hetero) is 1. The highest BCUT2D eigenvalue weighted by Crippen LogP contribution is 2.17. The highest BCUT2D eigenvalue weighted by Gasteiger charge is 2.25. The third-order valence-electron chi connectivity index (χ3n) is 4.64. The Labute approximate surface area is 163 Å². The van der Waals surface area contributed by atoms with Crippen molar-refractivity contribution in [2.45, 2.75) is 31.3 Å². The van der Waals surface area contributed by atoms with Crippen molar-refractivity contribution >= 4 is 17.6 Å². The van der Waals surface area contributed by atoms with Crippen molar-refractivity contribution in [1.29, 1.82) is 0 Å². The quantitative estimate of drug-likeness (QED) is 0.663. The molecule has 2 aromatic rings. The first-order valence-corrected chi connectivity index (χ1v) is 9.39. The monoisotopic (exact) mass is 380 g/mol. The number of benzene rings is 1. The second kappa shape index (κ2) is 9.75. The molecule has 3 N–H and O–H groups in total. The molecule has 7 nitrogen and oxygen atoms in total. The molecule has 1 aliphatic heterocycles. The second-order valence-electron chi connectivity index (χ2n) is 6.77. The number of piperidine rings is 1. The van der Waals surface area contributed by atoms with Crippen molar-refractivity contribution in [1.82, 2.24) is 20.9 Å². The summed E-state index contributed by atoms with van der Waals surface area (Å²) in [5.41, 5.74) is 1.83. The lowest BCUT2D eigenvalue weighted by Crippen LogP contribution is -2.51. The molecule has 0 bridgehead atoms. The van der Waals surface area contributed by atoms with Crippen molar-refractivity contribution in [3.05, 3.63) is 66.0 Å². The molecule has 146 valence electrons. The summed E-state index contributed by atoms with van der Waals surface area (Å²) in [4.78, 5) is 40.4. The molecule has 2 heterocycles. The molecule has 1 saturated heterocycles. The summed E-state index contributed by atoms with van der Waals surface area (Å²) in [5.74, 6) is -0.563. The van der Waals surface area contributed by atoms with Gasteiger partial charge in [-0.25, -0.2) is 0 Å². The van der Waals surface area contributed by atoms with Crippen LogP contribution in [0.5, 0.6) is 0 Å². The summed E-state index contributed by atoms with van der Waals surface area (Å²) < 4.78 is 0. The molecule has 0 aliphatic carbocycles. The Morgan fingerprint density at radius 2 is 1.93 bits per heavy atom. The molecular weight excluding hydrogens is 356 g/mol. The lowest BCUT2D eigenvalue weighted by molar-refractivity contribution is -0.130. The van der Waals surface area contributed by atoms with Crippen molar-refractivity contribution in [2.24, 2.45) is 0 Å². The first kappa shape index (κ1) is 19.7. The lowest BCUT2D eigenvalue weighted by Gasteiger charge is -2.22. The standard InChI is InChI=1S/C21H24N4O3/c26-17-9-11-23-19(13-17)21(28)24-14-20(27)25-18(15-6-2-1-3-7-15)12-16-8-4-5-10-22-16/h1-8,10,18-19,23H,9,11-14H2,(H,24,28)(H,25,27). The van der Waals surface area contributed by atoms with E-state index in [9.17, 15) is 14.4 Å². The van der Waals surface area contributed by atoms with Crippen LogP contribution in [0.4, 0.5) is 0 Å². The first-order chi connectivity index (χ1) is 13.6. The smallest absolute Gasteiger partial charge is 0.239 e. The van der Waals surface area contributed by atoms with Crippen LogP contribution < -0.4 is 16.0 Å². The number of hydrogen-bond acceptors (Lipinski definition) is 5. The minimum atomic E-state index is -0.563. The summed E-state index contributed by atoms with van der Waals surface area (Å²) in [7, 11) is 0. The van der Waals surface area contributed by atoms with Crippen LogP contribution in [-0.2, 0) is 20.8 Å². The van der Waals surface area contributed by atoms with Crippen LogP contribution in [0.15, 0.2) is 54.7 Å². The number of amides is 2. The third kappa shape index (κ3) is 5.72. The molecule has 2 unspecified atom stereocenters. The Morgan fingerprint density at radius 3 is 2.64 bits per heavy atom. The predicted molar refractivity (Wildman–Crippen MR) is 104 cm³/mol. The van der Waals surface area contributed by atoms with Crippen LogP contribution in [0.3, 0.4) is 0 Å². The Bertz CT molecular complexity index is 811. The van der Waals surface area contributed by atoms with Gasteiger partial charge >= 0.3 is 0 Å². The minimum Gasteiger partial charge on any atom is -0.347 e. The van der Waals surface area contributed by atoms with Crippen molar-refractivity contribution in [2.75, 3.05) is 13.1 Å². The number of ketones is 1. The number of pyridine rings is 1. The summed E-state index contributed by atoms with van der Waals surface area (Å²) in [6.07, 6.45) is 2.87. The molecule has 3 rings (SSSR count). The van der Waals surface area contributed by atoms with Crippen LogP contribution in [-0.4, -0.2) is 41.7 Å². The average molecular weight is 380 g/mol. The topological polar surface area (TPSA) is 100 Å². The van der Waals surface area contributed by atoms with Gasteiger partial charge in [-0.15, -0.1) is 0 Å². The molecule has 28 heavy (non-hydrogen) atoms. The number of rotatable bonds is 7. The summed E-state index contributed by atoms with van der Waals surface area (Å²) >= 11 is 0. The maximum atomic E-state index is 12.4. The van der Waals surface area contributed by atoms with Gasteiger partial charge in [-0.05, 0) is 17.7 Å². The lowest BCUT2D eigenvalue weighted by atomic mass is 10.0. The fourth-order valence-electron chi connectivity index (χ4n) is 3.17. The van der Waals surface area contributed by atoms with E-state index in [1.807, 2.05) is 48.5 Å². The van der Waals surface area contributed by atoms with Crippen LogP contribution in [0.1, 0.15) is 30.1 Å². The number of carbonyl (C=O) groups is 3. The van der Waals surface area contributed by atoms with Crippen LogP contribution in [0.2, 0.25) is 0 Å². The van der Waals surface area contributed by atoms with E-state index in [-0.39, 0.29) is 36.6 Å². The van der Waals surface area contributed by atoms with Crippen molar-refractivity contribution in [3.63, 3.8) is 0 Å². The van der Waals surface area contributed by atoms with Gasteiger partial charge in [0.15, 0.2) is 0 Å². The number of hydrogen-bond donors (Lipinski definition) is 3. The molecule has 1 aromatic heterocycles. The fraction of sp³-hybridized carbons (Fsp3) is 0.333. The highest BCUT2D eigenvalue weighted by molar-refractivity contribution is 5.92. The van der Waals surface area contributed by atoms with Gasteiger partial charge in [0, 0.05) is 37.7 Å². The van der Waals surface area contributed by atoms with Crippen molar-refractivity contribution < 1.29 is 14.4 Å². The maximum absolute atomic E-state index is 12.4. The zero-order chi connectivity index (χ0) is 19.8. The molecule has 0 radical (unpaired) electrons. The van der Waals surface area contributed by atoms with Gasteiger partial charge in [0.05, 0.1) is 18.6 Å². The maximum Gasteiger partial charge on any atom is 0.239 e. The summed E-state index contributed by atoms with van der Waals surface area (Å²) in [6.45, 7) is 0.347. The van der Waals surface area contributed by atoms with Gasteiger partial charge in [-0.3, -0.25) is 19.4 Å². The van der Waals surface area contributed by atoms with E-state index in [0.717, 1.165) is 11.3 Å². The van der Waals surface area contributed by atoms with Crippen molar-refractivity contribution in [3.8, 4) is 0 Å². The molecule has 7 heteroatoms. The number of aromatic nitrogens is 1. The van der Waals surface area contributed by atoms with E-state index < -0.39 is 6.04 Å². The molecular formula is C21H24N4O3. The highest BCUT2D eigenvalue weighted by atomic mass is 16.2. The van der Waals surface area contributed by atoms with Gasteiger partial charge in [-0.1, -0.05) is 36.4 Å². The van der Waals surface area contributed by atoms with E-state index in [1.54, 1.807) is 6.20 Å². The average Bonchev–Trinajstić information content (AvgIpc) is 2.73. The number of nitrogens with zero attached hydrogens (tertiary/aromatic N) is 1. The largest absolute Gasteiger partial charge is 0.347 e. The molecule has 1 aromatic carbocycles. The van der Waals surface area contributed by atoms with Gasteiger partial charge < -0.3 is 16.0 Å². The van der Waals surface area contributed by atoms with Crippen LogP contribution in [0, 0.1) is 0 Å². The van der Waals surface area contributed by atoms with E-state index >= 15 is 0 Å². The summed E-state index contributed by atoms with van der Waals surface area (Å²) in [6, 6.07) is 14.5. The number of carbonyl (C=O) groups excluding carboxylic acids is 3. The molecule has 1 fully saturated rings. The van der Waals surface area contributed by atoms with Crippen LogP contribution in [0.25, 0.3) is 0 Å². The molecule has 0 saturated carbocycles. The van der Waals surface area contributed by atoms with E-state index in [4.69, 9.17) is 0 Å². The Hall–Kier alpha value is -3.06. The zero-order valence-corrected chi connectivity index (χ0v) is 15.6. The Morgan fingerprint density at radius 1 is 1.14 bits per heavy atom. The Kier molecular flexibility index (Phi) is 6.86. The fourth-order valence-corrected chi connectivity index (χ4v) is 3.17. The third-order valence-corrected chi connectivity index (χ3v) is 4.64. The van der Waals surface area contributed by atoms with Gasteiger partial charge in [-0.2, -0.15) is 0 Å². The SMILES string of the molecule is O=C1CCNC(C(=O)NCC(=O)NC(Cc2ccccn2)c2ccccc2)C1. The Balaban J connectivity index is 1.58. The van der Waals surface area contributed by atoms with Crippen LogP contribution >= 0.6 is 0 Å². The first-order valence-electron chi connectivity index (χ1n) is 9.39. The molecule has 1 aliphatic rings. The summed E-state index contributed by atoms with van der Waals surface area (Å²) in [5, 5.41) is 8.58. The number of nitrogens with one attached hydrogen (secondary N) is 3. The normalized spacial score (nSPS) is 17.6. The molecule has 0 spiro atoms. The van der Waals surface area contributed by atoms with E-state index in [1.165, 1.54) is 0 Å². The zero-order valence-electron chi connectivity index (χ0n) is 15.6. The minimum absolute atomic E-state index is 0.0582. The van der Waals surface area contributed by atoms with Gasteiger partial charge in [0.25, 0.3) is 0 Å². The predicted octanol–water partition coefficient (Wildman–Crippen LogP) is 0.919. The second-order valence-corrected chi connectivity index (χ2v) is 6.77. The van der Waals surface area contributed by atoms with Gasteiger partial charge in [0.1, 0.15) is 5.78 Å².